The Balaban J connectivity index is 0.000000550. The Morgan fingerprint density at radius 1 is 1.21 bits per heavy atom. The SMILES string of the molecule is CCO.CCOC(=O)C#CC1CCC2CCCC2C1. The molecule has 2 aliphatic carbocycles. The predicted octanol–water partition coefficient (Wildman–Crippen LogP) is 2.77. The number of aliphatic hydroxyl groups excluding tert-OH is 1. The zero-order valence-corrected chi connectivity index (χ0v) is 12.2. The summed E-state index contributed by atoms with van der Waals surface area (Å²) in [6, 6.07) is 0. The highest BCUT2D eigenvalue weighted by molar-refractivity contribution is 5.88. The van der Waals surface area contributed by atoms with E-state index >= 15 is 0 Å². The molecule has 0 radical (unpaired) electrons. The van der Waals surface area contributed by atoms with Crippen LogP contribution in [0.15, 0.2) is 0 Å². The number of carbonyl (C=O) groups is 1. The minimum atomic E-state index is -0.365. The first kappa shape index (κ1) is 16.0. The molecule has 0 heterocycles. The normalized spacial score (nSPS) is 28.3. The van der Waals surface area contributed by atoms with Crippen LogP contribution in [0.5, 0.6) is 0 Å². The third kappa shape index (κ3) is 5.65. The fraction of sp³-hybridized carbons (Fsp3) is 0.812. The Morgan fingerprint density at radius 2 is 1.89 bits per heavy atom. The van der Waals surface area contributed by atoms with Crippen molar-refractivity contribution < 1.29 is 14.6 Å². The molecule has 0 spiro atoms. The molecule has 2 saturated carbocycles. The average molecular weight is 266 g/mol. The Morgan fingerprint density at radius 3 is 2.58 bits per heavy atom. The van der Waals surface area contributed by atoms with E-state index in [0.29, 0.717) is 12.5 Å². The number of hydrogen-bond donors (Lipinski definition) is 1. The van der Waals surface area contributed by atoms with E-state index in [4.69, 9.17) is 9.84 Å². The van der Waals surface area contributed by atoms with Gasteiger partial charge in [-0.05, 0) is 44.9 Å². The first-order chi connectivity index (χ1) is 9.21. The van der Waals surface area contributed by atoms with Crippen LogP contribution >= 0.6 is 0 Å². The van der Waals surface area contributed by atoms with Crippen molar-refractivity contribution in [3.8, 4) is 11.8 Å². The summed E-state index contributed by atoms with van der Waals surface area (Å²) < 4.78 is 4.81. The molecule has 2 aliphatic rings. The number of fused-ring (bicyclic) bond motifs is 1. The standard InChI is InChI=1S/C14H20O2.C2H6O/c1-2-16-14(15)9-7-11-6-8-12-4-3-5-13(12)10-11;1-2-3/h11-13H,2-6,8,10H2,1H3;3H,2H2,1H3. The maximum atomic E-state index is 11.1. The van der Waals surface area contributed by atoms with Crippen molar-refractivity contribution in [3.05, 3.63) is 0 Å². The zero-order valence-electron chi connectivity index (χ0n) is 12.2. The van der Waals surface area contributed by atoms with E-state index < -0.39 is 0 Å². The van der Waals surface area contributed by atoms with Gasteiger partial charge in [-0.1, -0.05) is 25.2 Å². The molecule has 0 aromatic carbocycles. The van der Waals surface area contributed by atoms with Crippen LogP contribution in [0.25, 0.3) is 0 Å². The van der Waals surface area contributed by atoms with Gasteiger partial charge in [-0.3, -0.25) is 0 Å². The number of carbonyl (C=O) groups excluding carboxylic acids is 1. The van der Waals surface area contributed by atoms with Crippen LogP contribution in [-0.2, 0) is 9.53 Å². The van der Waals surface area contributed by atoms with Crippen molar-refractivity contribution in [2.75, 3.05) is 13.2 Å². The van der Waals surface area contributed by atoms with Gasteiger partial charge in [-0.2, -0.15) is 0 Å². The van der Waals surface area contributed by atoms with E-state index in [1.807, 2.05) is 6.92 Å². The largest absolute Gasteiger partial charge is 0.456 e. The van der Waals surface area contributed by atoms with E-state index in [9.17, 15) is 4.79 Å². The predicted molar refractivity (Wildman–Crippen MR) is 75.3 cm³/mol. The van der Waals surface area contributed by atoms with E-state index in [-0.39, 0.29) is 12.6 Å². The number of esters is 1. The van der Waals surface area contributed by atoms with E-state index in [1.165, 1.54) is 38.5 Å². The first-order valence-electron chi connectivity index (χ1n) is 7.50. The summed E-state index contributed by atoms with van der Waals surface area (Å²) in [6.07, 6.45) is 7.88. The summed E-state index contributed by atoms with van der Waals surface area (Å²) in [4.78, 5) is 11.1. The molecule has 2 rings (SSSR count). The Bertz CT molecular complexity index is 327. The highest BCUT2D eigenvalue weighted by Gasteiger charge is 2.33. The summed E-state index contributed by atoms with van der Waals surface area (Å²) in [5, 5.41) is 7.57. The van der Waals surface area contributed by atoms with Crippen LogP contribution < -0.4 is 0 Å². The zero-order chi connectivity index (χ0) is 14.1. The maximum absolute atomic E-state index is 11.1. The summed E-state index contributed by atoms with van der Waals surface area (Å²) in [5.41, 5.74) is 0. The molecule has 3 atom stereocenters. The van der Waals surface area contributed by atoms with Crippen molar-refractivity contribution in [3.63, 3.8) is 0 Å². The number of rotatable bonds is 1. The van der Waals surface area contributed by atoms with Gasteiger partial charge in [0.2, 0.25) is 0 Å². The van der Waals surface area contributed by atoms with E-state index in [0.717, 1.165) is 11.8 Å². The minimum Gasteiger partial charge on any atom is -0.456 e. The molecular formula is C16H26O3. The lowest BCUT2D eigenvalue weighted by atomic mass is 9.76. The number of hydrogen-bond acceptors (Lipinski definition) is 3. The Hall–Kier alpha value is -1.01. The third-order valence-corrected chi connectivity index (χ3v) is 3.94. The van der Waals surface area contributed by atoms with Crippen molar-refractivity contribution in [1.82, 2.24) is 0 Å². The molecule has 0 saturated heterocycles. The van der Waals surface area contributed by atoms with Crippen molar-refractivity contribution >= 4 is 5.97 Å². The molecule has 1 N–H and O–H groups in total. The third-order valence-electron chi connectivity index (χ3n) is 3.94. The van der Waals surface area contributed by atoms with E-state index in [2.05, 4.69) is 11.8 Å². The lowest BCUT2D eigenvalue weighted by Crippen LogP contribution is -2.19. The molecule has 0 amide bonds. The molecule has 3 heteroatoms. The van der Waals surface area contributed by atoms with E-state index in [1.54, 1.807) is 6.92 Å². The van der Waals surface area contributed by atoms with Crippen LogP contribution in [0.2, 0.25) is 0 Å². The highest BCUT2D eigenvalue weighted by Crippen LogP contribution is 2.43. The van der Waals surface area contributed by atoms with Gasteiger partial charge in [0, 0.05) is 18.4 Å². The molecule has 0 aromatic heterocycles. The fourth-order valence-corrected chi connectivity index (χ4v) is 3.16. The molecule has 0 aliphatic heterocycles. The molecule has 0 bridgehead atoms. The monoisotopic (exact) mass is 266 g/mol. The fourth-order valence-electron chi connectivity index (χ4n) is 3.16. The Kier molecular flexibility index (Phi) is 7.59. The van der Waals surface area contributed by atoms with Crippen LogP contribution in [0.4, 0.5) is 0 Å². The number of ether oxygens (including phenoxy) is 1. The van der Waals surface area contributed by atoms with Crippen LogP contribution in [0.1, 0.15) is 52.4 Å². The molecular weight excluding hydrogens is 240 g/mol. The highest BCUT2D eigenvalue weighted by atomic mass is 16.5. The summed E-state index contributed by atoms with van der Waals surface area (Å²) >= 11 is 0. The summed E-state index contributed by atoms with van der Waals surface area (Å²) in [6.45, 7) is 4.16. The van der Waals surface area contributed by atoms with Gasteiger partial charge in [0.25, 0.3) is 0 Å². The maximum Gasteiger partial charge on any atom is 0.384 e. The number of aliphatic hydroxyl groups is 1. The topological polar surface area (TPSA) is 46.5 Å². The second kappa shape index (κ2) is 8.98. The second-order valence-corrected chi connectivity index (χ2v) is 5.27. The lowest BCUT2D eigenvalue weighted by Gasteiger charge is -2.28. The first-order valence-corrected chi connectivity index (χ1v) is 7.50. The van der Waals surface area contributed by atoms with Gasteiger partial charge in [-0.25, -0.2) is 4.79 Å². The minimum absolute atomic E-state index is 0.250. The quantitative estimate of drug-likeness (QED) is 0.451. The molecule has 108 valence electrons. The van der Waals surface area contributed by atoms with Gasteiger partial charge in [-0.15, -0.1) is 0 Å². The van der Waals surface area contributed by atoms with Crippen molar-refractivity contribution in [2.45, 2.75) is 52.4 Å². The molecule has 0 aromatic rings. The van der Waals surface area contributed by atoms with Gasteiger partial charge < -0.3 is 9.84 Å². The molecule has 3 unspecified atom stereocenters. The molecule has 2 fully saturated rings. The lowest BCUT2D eigenvalue weighted by molar-refractivity contribution is -0.136. The second-order valence-electron chi connectivity index (χ2n) is 5.27. The van der Waals surface area contributed by atoms with Gasteiger partial charge in [0.1, 0.15) is 0 Å². The van der Waals surface area contributed by atoms with Gasteiger partial charge in [0.05, 0.1) is 6.61 Å². The van der Waals surface area contributed by atoms with Crippen molar-refractivity contribution in [1.29, 1.82) is 0 Å². The van der Waals surface area contributed by atoms with Crippen LogP contribution in [-0.4, -0.2) is 24.3 Å². The smallest absolute Gasteiger partial charge is 0.384 e. The van der Waals surface area contributed by atoms with Crippen LogP contribution in [0.3, 0.4) is 0 Å². The molecule has 19 heavy (non-hydrogen) atoms. The average Bonchev–Trinajstić information content (AvgIpc) is 2.85. The Labute approximate surface area is 116 Å². The van der Waals surface area contributed by atoms with Crippen LogP contribution in [0, 0.1) is 29.6 Å². The van der Waals surface area contributed by atoms with Gasteiger partial charge in [0.15, 0.2) is 0 Å². The summed E-state index contributed by atoms with van der Waals surface area (Å²) in [5.74, 6) is 7.63. The molecule has 3 nitrogen and oxygen atoms in total. The summed E-state index contributed by atoms with van der Waals surface area (Å²) in [7, 11) is 0. The van der Waals surface area contributed by atoms with Crippen molar-refractivity contribution in [2.24, 2.45) is 17.8 Å². The van der Waals surface area contributed by atoms with Gasteiger partial charge >= 0.3 is 5.97 Å².